The van der Waals surface area contributed by atoms with E-state index in [4.69, 9.17) is 0 Å². The molecule has 3 rings (SSSR count). The lowest BCUT2D eigenvalue weighted by molar-refractivity contribution is 0.867. The van der Waals surface area contributed by atoms with Crippen LogP contribution in [0.25, 0.3) is 22.2 Å². The Morgan fingerprint density at radius 2 is 1.63 bits per heavy atom. The van der Waals surface area contributed by atoms with Crippen LogP contribution in [0.1, 0.15) is 30.9 Å². The quantitative estimate of drug-likeness (QED) is 0.637. The Morgan fingerprint density at radius 3 is 2.32 bits per heavy atom. The van der Waals surface area contributed by atoms with Crippen LogP contribution in [0.15, 0.2) is 48.5 Å². The van der Waals surface area contributed by atoms with Gasteiger partial charge in [-0.25, -0.2) is 0 Å². The summed E-state index contributed by atoms with van der Waals surface area (Å²) in [4.78, 5) is 3.49. The fourth-order valence-corrected chi connectivity index (χ4v) is 2.46. The van der Waals surface area contributed by atoms with Crippen molar-refractivity contribution >= 4 is 10.9 Å². The van der Waals surface area contributed by atoms with Gasteiger partial charge in [0.1, 0.15) is 0 Å². The molecule has 96 valence electrons. The van der Waals surface area contributed by atoms with Gasteiger partial charge in [0.05, 0.1) is 0 Å². The van der Waals surface area contributed by atoms with Crippen LogP contribution in [-0.4, -0.2) is 4.98 Å². The standard InChI is InChI=1S/C18H19N/c1-12(2)14-5-7-15(8-6-14)18-11-16-10-13(3)4-9-17(16)19-18/h4-12,19H,1-3H3. The van der Waals surface area contributed by atoms with Crippen molar-refractivity contribution in [1.82, 2.24) is 4.98 Å². The summed E-state index contributed by atoms with van der Waals surface area (Å²) in [6.07, 6.45) is 0. The van der Waals surface area contributed by atoms with Crippen LogP contribution in [0.2, 0.25) is 0 Å². The Hall–Kier alpha value is -2.02. The van der Waals surface area contributed by atoms with E-state index in [1.165, 1.54) is 33.3 Å². The highest BCUT2D eigenvalue weighted by Crippen LogP contribution is 2.26. The van der Waals surface area contributed by atoms with Crippen molar-refractivity contribution in [3.8, 4) is 11.3 Å². The molecular formula is C18H19N. The number of benzene rings is 2. The van der Waals surface area contributed by atoms with Crippen LogP contribution in [0, 0.1) is 6.92 Å². The third-order valence-electron chi connectivity index (χ3n) is 3.66. The van der Waals surface area contributed by atoms with Gasteiger partial charge in [-0.3, -0.25) is 0 Å². The zero-order valence-corrected chi connectivity index (χ0v) is 11.7. The van der Waals surface area contributed by atoms with Crippen molar-refractivity contribution in [1.29, 1.82) is 0 Å². The number of fused-ring (bicyclic) bond motifs is 1. The molecule has 0 aliphatic rings. The first-order valence-electron chi connectivity index (χ1n) is 6.83. The van der Waals surface area contributed by atoms with Crippen LogP contribution in [0.5, 0.6) is 0 Å². The number of aromatic nitrogens is 1. The second-order valence-corrected chi connectivity index (χ2v) is 5.55. The summed E-state index contributed by atoms with van der Waals surface area (Å²) in [5.74, 6) is 0.583. The molecule has 0 radical (unpaired) electrons. The predicted octanol–water partition coefficient (Wildman–Crippen LogP) is 5.27. The molecule has 0 saturated heterocycles. The van der Waals surface area contributed by atoms with Crippen LogP contribution >= 0.6 is 0 Å². The Balaban J connectivity index is 2.03. The summed E-state index contributed by atoms with van der Waals surface area (Å²) in [6.45, 7) is 6.57. The molecule has 19 heavy (non-hydrogen) atoms. The van der Waals surface area contributed by atoms with Gasteiger partial charge in [-0.1, -0.05) is 49.7 Å². The first-order valence-corrected chi connectivity index (χ1v) is 6.83. The van der Waals surface area contributed by atoms with Gasteiger partial charge in [-0.15, -0.1) is 0 Å². The highest BCUT2D eigenvalue weighted by Gasteiger charge is 2.04. The lowest BCUT2D eigenvalue weighted by Gasteiger charge is -2.05. The van der Waals surface area contributed by atoms with Gasteiger partial charge in [0, 0.05) is 16.6 Å². The van der Waals surface area contributed by atoms with Crippen molar-refractivity contribution in [3.05, 3.63) is 59.7 Å². The van der Waals surface area contributed by atoms with Crippen molar-refractivity contribution in [2.75, 3.05) is 0 Å². The predicted molar refractivity (Wildman–Crippen MR) is 82.6 cm³/mol. The molecule has 2 aromatic carbocycles. The number of aryl methyl sites for hydroxylation is 1. The summed E-state index contributed by atoms with van der Waals surface area (Å²) >= 11 is 0. The molecular weight excluding hydrogens is 230 g/mol. The average molecular weight is 249 g/mol. The zero-order valence-electron chi connectivity index (χ0n) is 11.7. The van der Waals surface area contributed by atoms with E-state index in [1.54, 1.807) is 0 Å². The minimum absolute atomic E-state index is 0.583. The molecule has 1 N–H and O–H groups in total. The lowest BCUT2D eigenvalue weighted by atomic mass is 10.0. The van der Waals surface area contributed by atoms with Gasteiger partial charge in [-0.05, 0) is 42.2 Å². The molecule has 0 aliphatic heterocycles. The molecule has 1 aromatic heterocycles. The van der Waals surface area contributed by atoms with E-state index in [0.717, 1.165) is 0 Å². The lowest BCUT2D eigenvalue weighted by Crippen LogP contribution is -1.86. The topological polar surface area (TPSA) is 15.8 Å². The molecule has 0 aliphatic carbocycles. The first kappa shape index (κ1) is 12.0. The van der Waals surface area contributed by atoms with Gasteiger partial charge >= 0.3 is 0 Å². The van der Waals surface area contributed by atoms with E-state index in [2.05, 4.69) is 74.3 Å². The Bertz CT molecular complexity index is 702. The van der Waals surface area contributed by atoms with Crippen molar-refractivity contribution in [2.24, 2.45) is 0 Å². The molecule has 0 spiro atoms. The third-order valence-corrected chi connectivity index (χ3v) is 3.66. The highest BCUT2D eigenvalue weighted by atomic mass is 14.7. The largest absolute Gasteiger partial charge is 0.355 e. The molecule has 0 bridgehead atoms. The van der Waals surface area contributed by atoms with Gasteiger partial charge in [0.15, 0.2) is 0 Å². The number of aromatic amines is 1. The molecule has 0 saturated carbocycles. The highest BCUT2D eigenvalue weighted by molar-refractivity contribution is 5.86. The Morgan fingerprint density at radius 1 is 0.895 bits per heavy atom. The minimum atomic E-state index is 0.583. The van der Waals surface area contributed by atoms with E-state index in [0.29, 0.717) is 5.92 Å². The fourth-order valence-electron chi connectivity index (χ4n) is 2.46. The van der Waals surface area contributed by atoms with Crippen molar-refractivity contribution < 1.29 is 0 Å². The van der Waals surface area contributed by atoms with Crippen LogP contribution in [-0.2, 0) is 0 Å². The van der Waals surface area contributed by atoms with Crippen LogP contribution in [0.4, 0.5) is 0 Å². The van der Waals surface area contributed by atoms with Gasteiger partial charge < -0.3 is 4.98 Å². The fraction of sp³-hybridized carbons (Fsp3) is 0.222. The SMILES string of the molecule is Cc1ccc2[nH]c(-c3ccc(C(C)C)cc3)cc2c1. The second kappa shape index (κ2) is 4.58. The maximum atomic E-state index is 3.49. The molecule has 1 nitrogen and oxygen atoms in total. The average Bonchev–Trinajstić information content (AvgIpc) is 2.81. The summed E-state index contributed by atoms with van der Waals surface area (Å²) in [5, 5.41) is 1.28. The van der Waals surface area contributed by atoms with Crippen molar-refractivity contribution in [3.63, 3.8) is 0 Å². The third kappa shape index (κ3) is 2.28. The van der Waals surface area contributed by atoms with Crippen LogP contribution < -0.4 is 0 Å². The monoisotopic (exact) mass is 249 g/mol. The van der Waals surface area contributed by atoms with E-state index in [1.807, 2.05) is 0 Å². The van der Waals surface area contributed by atoms with E-state index < -0.39 is 0 Å². The van der Waals surface area contributed by atoms with Crippen LogP contribution in [0.3, 0.4) is 0 Å². The number of H-pyrrole nitrogens is 1. The summed E-state index contributed by atoms with van der Waals surface area (Å²) in [5.41, 5.74) is 6.33. The summed E-state index contributed by atoms with van der Waals surface area (Å²) in [7, 11) is 0. The molecule has 3 aromatic rings. The molecule has 0 unspecified atom stereocenters. The smallest absolute Gasteiger partial charge is 0.0464 e. The maximum Gasteiger partial charge on any atom is 0.0464 e. The van der Waals surface area contributed by atoms with E-state index in [9.17, 15) is 0 Å². The normalized spacial score (nSPS) is 11.4. The van der Waals surface area contributed by atoms with Gasteiger partial charge in [-0.2, -0.15) is 0 Å². The van der Waals surface area contributed by atoms with Crippen molar-refractivity contribution in [2.45, 2.75) is 26.7 Å². The van der Waals surface area contributed by atoms with Gasteiger partial charge in [0.2, 0.25) is 0 Å². The first-order chi connectivity index (χ1) is 9.13. The van der Waals surface area contributed by atoms with E-state index >= 15 is 0 Å². The number of rotatable bonds is 2. The minimum Gasteiger partial charge on any atom is -0.355 e. The summed E-state index contributed by atoms with van der Waals surface area (Å²) < 4.78 is 0. The number of nitrogens with one attached hydrogen (secondary N) is 1. The molecule has 0 fully saturated rings. The molecule has 0 atom stereocenters. The van der Waals surface area contributed by atoms with Gasteiger partial charge in [0.25, 0.3) is 0 Å². The Labute approximate surface area is 114 Å². The number of hydrogen-bond acceptors (Lipinski definition) is 0. The number of hydrogen-bond donors (Lipinski definition) is 1. The zero-order chi connectivity index (χ0) is 13.4. The summed E-state index contributed by atoms with van der Waals surface area (Å²) in [6, 6.07) is 17.6. The Kier molecular flexibility index (Phi) is 2.90. The second-order valence-electron chi connectivity index (χ2n) is 5.55. The molecule has 1 heteroatoms. The molecule has 0 amide bonds. The molecule has 1 heterocycles. The van der Waals surface area contributed by atoms with E-state index in [-0.39, 0.29) is 0 Å². The maximum absolute atomic E-state index is 3.49.